The van der Waals surface area contributed by atoms with Gasteiger partial charge in [-0.2, -0.15) is 0 Å². The van der Waals surface area contributed by atoms with Crippen molar-refractivity contribution in [2.75, 3.05) is 29.6 Å². The van der Waals surface area contributed by atoms with Crippen LogP contribution in [0, 0.1) is 5.92 Å². The van der Waals surface area contributed by atoms with E-state index in [0.29, 0.717) is 41.3 Å². The lowest BCUT2D eigenvalue weighted by atomic mass is 9.82. The van der Waals surface area contributed by atoms with E-state index in [1.54, 1.807) is 64.1 Å². The number of benzene rings is 3. The van der Waals surface area contributed by atoms with E-state index >= 15 is 0 Å². The molecule has 6 rings (SSSR count). The molecule has 0 radical (unpaired) electrons. The molecule has 0 bridgehead atoms. The Bertz CT molecular complexity index is 1910. The summed E-state index contributed by atoms with van der Waals surface area (Å²) in [4.78, 5) is 45.9. The van der Waals surface area contributed by atoms with Gasteiger partial charge in [0.15, 0.2) is 12.2 Å². The number of carbonyl (C=O) groups is 3. The number of hydrogen-bond acceptors (Lipinski definition) is 6. The maximum atomic E-state index is 14.3. The lowest BCUT2D eigenvalue weighted by Crippen LogP contribution is -2.46. The Morgan fingerprint density at radius 1 is 1.00 bits per heavy atom. The minimum Gasteiger partial charge on any atom is -0.482 e. The first-order valence-electron chi connectivity index (χ1n) is 17.7. The van der Waals surface area contributed by atoms with Crippen LogP contribution in [-0.2, 0) is 33.0 Å². The molecule has 0 saturated carbocycles. The molecule has 3 aliphatic heterocycles. The summed E-state index contributed by atoms with van der Waals surface area (Å²) < 4.78 is 5.66. The smallest absolute Gasteiger partial charge is 0.269 e. The summed E-state index contributed by atoms with van der Waals surface area (Å²) in [5.41, 5.74) is 4.70. The Morgan fingerprint density at radius 3 is 2.51 bits per heavy atom. The fourth-order valence-corrected chi connectivity index (χ4v) is 7.25. The van der Waals surface area contributed by atoms with Crippen LogP contribution in [0.2, 0.25) is 0 Å². The van der Waals surface area contributed by atoms with Crippen LogP contribution in [0.5, 0.6) is 5.75 Å². The molecular weight excluding hydrogens is 642 g/mol. The van der Waals surface area contributed by atoms with Crippen molar-refractivity contribution in [3.63, 3.8) is 0 Å². The molecule has 0 fully saturated rings. The van der Waals surface area contributed by atoms with Crippen LogP contribution in [0.1, 0.15) is 63.6 Å². The Morgan fingerprint density at radius 2 is 1.75 bits per heavy atom. The Kier molecular flexibility index (Phi) is 10.6. The van der Waals surface area contributed by atoms with Gasteiger partial charge in [-0.15, -0.1) is 0 Å². The molecular formula is C42H47N3O6. The Balaban J connectivity index is 1.29. The maximum Gasteiger partial charge on any atom is 0.269 e. The van der Waals surface area contributed by atoms with E-state index in [1.165, 1.54) is 5.57 Å². The fraction of sp³-hybridized carbons (Fsp3) is 0.357. The number of aliphatic hydroxyl groups is 2. The summed E-state index contributed by atoms with van der Waals surface area (Å²) in [6.45, 7) is 8.38. The molecule has 3 aliphatic rings. The number of ether oxygens (including phenoxy) is 1. The molecule has 266 valence electrons. The highest BCUT2D eigenvalue weighted by atomic mass is 16.5. The minimum atomic E-state index is -1.96. The van der Waals surface area contributed by atoms with E-state index in [9.17, 15) is 24.6 Å². The highest BCUT2D eigenvalue weighted by Crippen LogP contribution is 2.48. The highest BCUT2D eigenvalue weighted by molar-refractivity contribution is 6.09. The fourth-order valence-electron chi connectivity index (χ4n) is 7.25. The number of anilines is 3. The van der Waals surface area contributed by atoms with Crippen LogP contribution in [0.25, 0.3) is 0 Å². The highest BCUT2D eigenvalue weighted by Gasteiger charge is 2.52. The largest absolute Gasteiger partial charge is 0.482 e. The summed E-state index contributed by atoms with van der Waals surface area (Å²) in [7, 11) is 0. The molecule has 0 saturated heterocycles. The molecule has 0 aromatic heterocycles. The molecule has 3 amide bonds. The molecule has 3 aromatic rings. The summed E-state index contributed by atoms with van der Waals surface area (Å²) in [5, 5.41) is 22.6. The standard InChI is InChI=1S/C42H47N3O6/c1-28(2)11-9-12-29(3)21-22-43-36-20-19-33(45-37-16-7-8-17-38(37)51-27-40(45)48)24-35(36)42(50,41(43)49)30(4)13-10-18-39(47)44-25-32-15-6-5-14-31(32)23-34(44)26-46/h5-8,10-11,13-17,19-21,24,30,34,46,50H,9,12,18,22-23,25-27H2,1-4H3/b13-10+,29-21+/t30-,34-,42+/m0/s1. The number of allylic oxidation sites excluding steroid dienone is 3. The van der Waals surface area contributed by atoms with Crippen molar-refractivity contribution in [3.05, 3.63) is 119 Å². The average molecular weight is 690 g/mol. The van der Waals surface area contributed by atoms with Gasteiger partial charge in [0.05, 0.1) is 24.0 Å². The third-order valence-corrected chi connectivity index (χ3v) is 10.2. The Hall–Kier alpha value is -4.99. The lowest BCUT2D eigenvalue weighted by Gasteiger charge is -2.36. The van der Waals surface area contributed by atoms with Gasteiger partial charge in [0, 0.05) is 36.7 Å². The first-order valence-corrected chi connectivity index (χ1v) is 17.7. The first-order chi connectivity index (χ1) is 24.5. The van der Waals surface area contributed by atoms with E-state index in [1.807, 2.05) is 49.4 Å². The lowest BCUT2D eigenvalue weighted by molar-refractivity contribution is -0.139. The summed E-state index contributed by atoms with van der Waals surface area (Å²) >= 11 is 0. The van der Waals surface area contributed by atoms with Crippen molar-refractivity contribution in [2.24, 2.45) is 5.92 Å². The number of fused-ring (bicyclic) bond motifs is 3. The van der Waals surface area contributed by atoms with Crippen LogP contribution in [0.15, 0.2) is 102 Å². The second-order valence-corrected chi connectivity index (χ2v) is 14.0. The number of hydrogen-bond donors (Lipinski definition) is 2. The van der Waals surface area contributed by atoms with Crippen molar-refractivity contribution in [1.29, 1.82) is 0 Å². The molecule has 2 N–H and O–H groups in total. The van der Waals surface area contributed by atoms with Crippen molar-refractivity contribution in [2.45, 2.75) is 71.6 Å². The van der Waals surface area contributed by atoms with E-state index in [-0.39, 0.29) is 44.0 Å². The van der Waals surface area contributed by atoms with E-state index in [0.717, 1.165) is 29.5 Å². The van der Waals surface area contributed by atoms with E-state index < -0.39 is 17.4 Å². The number of rotatable bonds is 11. The summed E-state index contributed by atoms with van der Waals surface area (Å²) in [6.07, 6.45) is 10.0. The molecule has 3 aromatic carbocycles. The van der Waals surface area contributed by atoms with Crippen LogP contribution in [-0.4, -0.2) is 58.6 Å². The third kappa shape index (κ3) is 7.14. The van der Waals surface area contributed by atoms with Gasteiger partial charge < -0.3 is 24.7 Å². The van der Waals surface area contributed by atoms with Gasteiger partial charge in [0.25, 0.3) is 11.8 Å². The van der Waals surface area contributed by atoms with Crippen LogP contribution < -0.4 is 14.5 Å². The SMILES string of the molecule is CC(C)=CCC/C(C)=C/CN1C(=O)[C@@](O)([C@@H](C)/C=C/CC(=O)N2Cc3ccccc3C[C@H]2CO)c2cc(N3C(=O)COc4ccccc43)ccc21. The zero-order chi connectivity index (χ0) is 36.3. The van der Waals surface area contributed by atoms with Gasteiger partial charge >= 0.3 is 0 Å². The Labute approximate surface area is 300 Å². The molecule has 0 unspecified atom stereocenters. The van der Waals surface area contributed by atoms with Crippen LogP contribution in [0.4, 0.5) is 17.1 Å². The zero-order valence-corrected chi connectivity index (χ0v) is 29.8. The number of aliphatic hydroxyl groups excluding tert-OH is 1. The summed E-state index contributed by atoms with van der Waals surface area (Å²) in [6, 6.07) is 20.2. The van der Waals surface area contributed by atoms with Gasteiger partial charge in [0.1, 0.15) is 5.75 Å². The van der Waals surface area contributed by atoms with Crippen molar-refractivity contribution < 1.29 is 29.3 Å². The van der Waals surface area contributed by atoms with Gasteiger partial charge in [0.2, 0.25) is 5.91 Å². The molecule has 0 spiro atoms. The number of para-hydroxylation sites is 2. The van der Waals surface area contributed by atoms with Crippen molar-refractivity contribution in [3.8, 4) is 5.75 Å². The van der Waals surface area contributed by atoms with Crippen LogP contribution in [0.3, 0.4) is 0 Å². The van der Waals surface area contributed by atoms with E-state index in [4.69, 9.17) is 4.74 Å². The molecule has 9 heteroatoms. The number of nitrogens with zero attached hydrogens (tertiary/aromatic N) is 3. The maximum absolute atomic E-state index is 14.3. The van der Waals surface area contributed by atoms with Gasteiger partial charge in [-0.05, 0) is 81.5 Å². The monoisotopic (exact) mass is 689 g/mol. The van der Waals surface area contributed by atoms with Crippen LogP contribution >= 0.6 is 0 Å². The molecule has 0 aliphatic carbocycles. The predicted molar refractivity (Wildman–Crippen MR) is 199 cm³/mol. The normalized spacial score (nSPS) is 20.5. The molecule has 3 heterocycles. The predicted octanol–water partition coefficient (Wildman–Crippen LogP) is 6.50. The van der Waals surface area contributed by atoms with Gasteiger partial charge in [-0.3, -0.25) is 19.3 Å². The van der Waals surface area contributed by atoms with Gasteiger partial charge in [-0.25, -0.2) is 0 Å². The summed E-state index contributed by atoms with van der Waals surface area (Å²) in [5.74, 6) is -1.02. The quantitative estimate of drug-likeness (QED) is 0.223. The van der Waals surface area contributed by atoms with Gasteiger partial charge in [-0.1, -0.05) is 78.8 Å². The second-order valence-electron chi connectivity index (χ2n) is 14.0. The third-order valence-electron chi connectivity index (χ3n) is 10.2. The van der Waals surface area contributed by atoms with Crippen molar-refractivity contribution in [1.82, 2.24) is 4.90 Å². The second kappa shape index (κ2) is 15.1. The van der Waals surface area contributed by atoms with E-state index in [2.05, 4.69) is 19.9 Å². The first kappa shape index (κ1) is 35.8. The zero-order valence-electron chi connectivity index (χ0n) is 29.8. The molecule has 51 heavy (non-hydrogen) atoms. The number of carbonyl (C=O) groups excluding carboxylic acids is 3. The molecule has 9 nitrogen and oxygen atoms in total. The van der Waals surface area contributed by atoms with Crippen molar-refractivity contribution >= 4 is 34.8 Å². The topological polar surface area (TPSA) is 111 Å². The number of amides is 3. The minimum absolute atomic E-state index is 0.0521. The average Bonchev–Trinajstić information content (AvgIpc) is 3.35. The molecule has 3 atom stereocenters.